The van der Waals surface area contributed by atoms with Crippen LogP contribution >= 0.6 is 0 Å². The van der Waals surface area contributed by atoms with Crippen molar-refractivity contribution in [3.8, 4) is 0 Å². The van der Waals surface area contributed by atoms with Crippen LogP contribution in [0.5, 0.6) is 0 Å². The third-order valence-electron chi connectivity index (χ3n) is 5.26. The van der Waals surface area contributed by atoms with E-state index in [-0.39, 0.29) is 30.1 Å². The highest BCUT2D eigenvalue weighted by molar-refractivity contribution is 6.48. The summed E-state index contributed by atoms with van der Waals surface area (Å²) in [6.07, 6.45) is 9.63. The van der Waals surface area contributed by atoms with Gasteiger partial charge in [0, 0.05) is 12.7 Å². The van der Waals surface area contributed by atoms with Crippen molar-refractivity contribution in [3.63, 3.8) is 0 Å². The first kappa shape index (κ1) is 17.5. The summed E-state index contributed by atoms with van der Waals surface area (Å²) in [5.74, 6) is 0.527. The number of carbonyl (C=O) groups is 1. The van der Waals surface area contributed by atoms with Crippen LogP contribution in [0.1, 0.15) is 66.7 Å². The molecule has 0 bridgehead atoms. The van der Waals surface area contributed by atoms with Gasteiger partial charge >= 0.3 is 13.1 Å². The zero-order valence-electron chi connectivity index (χ0n) is 14.6. The van der Waals surface area contributed by atoms with Crippen LogP contribution in [0.4, 0.5) is 0 Å². The van der Waals surface area contributed by atoms with Gasteiger partial charge in [0.2, 0.25) is 0 Å². The van der Waals surface area contributed by atoms with Crippen molar-refractivity contribution in [2.24, 2.45) is 5.92 Å². The Hall–Kier alpha value is -0.805. The van der Waals surface area contributed by atoms with Crippen LogP contribution in [0, 0.1) is 5.92 Å². The van der Waals surface area contributed by atoms with Gasteiger partial charge in [-0.25, -0.2) is 0 Å². The molecule has 0 radical (unpaired) electrons. The van der Waals surface area contributed by atoms with Gasteiger partial charge < -0.3 is 14.0 Å². The summed E-state index contributed by atoms with van der Waals surface area (Å²) in [4.78, 5) is 11.0. The fourth-order valence-electron chi connectivity index (χ4n) is 3.21. The molecule has 1 atom stereocenters. The van der Waals surface area contributed by atoms with Crippen LogP contribution in [-0.2, 0) is 18.8 Å². The van der Waals surface area contributed by atoms with Gasteiger partial charge in [-0.1, -0.05) is 25.7 Å². The van der Waals surface area contributed by atoms with E-state index >= 15 is 0 Å². The van der Waals surface area contributed by atoms with E-state index in [1.54, 1.807) is 0 Å². The summed E-state index contributed by atoms with van der Waals surface area (Å²) in [7, 11) is -0.280. The lowest BCUT2D eigenvalue weighted by Crippen LogP contribution is -2.41. The van der Waals surface area contributed by atoms with Gasteiger partial charge in [-0.3, -0.25) is 4.79 Å². The van der Waals surface area contributed by atoms with Crippen molar-refractivity contribution in [2.45, 2.75) is 83.7 Å². The number of allylic oxidation sites excluding steroid dienone is 1. The molecular formula is C17H29BO4. The summed E-state index contributed by atoms with van der Waals surface area (Å²) in [6, 6.07) is 0. The Morgan fingerprint density at radius 1 is 1.23 bits per heavy atom. The summed E-state index contributed by atoms with van der Waals surface area (Å²) < 4.78 is 17.3. The molecule has 2 aliphatic rings. The van der Waals surface area contributed by atoms with E-state index in [0.29, 0.717) is 5.92 Å². The lowest BCUT2D eigenvalue weighted by Gasteiger charge is -2.32. The van der Waals surface area contributed by atoms with Gasteiger partial charge in [0.05, 0.1) is 17.5 Å². The second-order valence-corrected chi connectivity index (χ2v) is 7.61. The average molecular weight is 308 g/mol. The second-order valence-electron chi connectivity index (χ2n) is 7.61. The van der Waals surface area contributed by atoms with Gasteiger partial charge in [-0.2, -0.15) is 0 Å². The fourth-order valence-corrected chi connectivity index (χ4v) is 3.21. The van der Waals surface area contributed by atoms with Crippen molar-refractivity contribution in [1.82, 2.24) is 0 Å². The number of hydrogen-bond acceptors (Lipinski definition) is 4. The van der Waals surface area contributed by atoms with Crippen molar-refractivity contribution < 1.29 is 18.8 Å². The average Bonchev–Trinajstić information content (AvgIpc) is 2.95. The Bertz CT molecular complexity index is 408. The predicted molar refractivity (Wildman–Crippen MR) is 87.3 cm³/mol. The van der Waals surface area contributed by atoms with E-state index in [9.17, 15) is 4.79 Å². The summed E-state index contributed by atoms with van der Waals surface area (Å²) >= 11 is 0. The number of ether oxygens (including phenoxy) is 1. The molecule has 1 saturated heterocycles. The van der Waals surface area contributed by atoms with E-state index < -0.39 is 0 Å². The molecule has 1 aliphatic heterocycles. The number of rotatable bonds is 5. The van der Waals surface area contributed by atoms with Gasteiger partial charge in [0.25, 0.3) is 0 Å². The van der Waals surface area contributed by atoms with Crippen molar-refractivity contribution in [1.29, 1.82) is 0 Å². The monoisotopic (exact) mass is 308 g/mol. The lowest BCUT2D eigenvalue weighted by molar-refractivity contribution is -0.135. The highest BCUT2D eigenvalue weighted by Gasteiger charge is 2.53. The molecule has 0 aromatic heterocycles. The molecule has 0 unspecified atom stereocenters. The fraction of sp³-hybridized carbons (Fsp3) is 0.824. The molecule has 2 rings (SSSR count). The number of hydrogen-bond donors (Lipinski definition) is 0. The maximum Gasteiger partial charge on any atom is 0.465 e. The Labute approximate surface area is 134 Å². The third kappa shape index (κ3) is 4.14. The molecule has 0 N–H and O–H groups in total. The summed E-state index contributed by atoms with van der Waals surface area (Å²) in [5.41, 5.74) is -0.665. The van der Waals surface area contributed by atoms with Crippen LogP contribution in [0.2, 0.25) is 5.82 Å². The Morgan fingerprint density at radius 3 is 2.27 bits per heavy atom. The van der Waals surface area contributed by atoms with E-state index in [4.69, 9.17) is 14.0 Å². The first-order valence-electron chi connectivity index (χ1n) is 8.41. The minimum absolute atomic E-state index is 0.114. The first-order valence-corrected chi connectivity index (χ1v) is 8.41. The van der Waals surface area contributed by atoms with Gasteiger partial charge in [0.1, 0.15) is 0 Å². The van der Waals surface area contributed by atoms with Crippen molar-refractivity contribution in [2.75, 3.05) is 0 Å². The third-order valence-corrected chi connectivity index (χ3v) is 5.26. The maximum absolute atomic E-state index is 11.0. The quantitative estimate of drug-likeness (QED) is 0.435. The Kier molecular flexibility index (Phi) is 5.39. The van der Waals surface area contributed by atoms with Gasteiger partial charge in [-0.15, -0.1) is 0 Å². The van der Waals surface area contributed by atoms with Crippen LogP contribution in [0.15, 0.2) is 12.3 Å². The molecule has 1 heterocycles. The second kappa shape index (κ2) is 6.75. The van der Waals surface area contributed by atoms with E-state index in [2.05, 4.69) is 27.7 Å². The van der Waals surface area contributed by atoms with Crippen LogP contribution in [0.3, 0.4) is 0 Å². The van der Waals surface area contributed by atoms with Crippen LogP contribution < -0.4 is 0 Å². The van der Waals surface area contributed by atoms with Crippen molar-refractivity contribution in [3.05, 3.63) is 12.3 Å². The lowest BCUT2D eigenvalue weighted by atomic mass is 9.67. The molecule has 0 aromatic carbocycles. The number of esters is 1. The smallest absolute Gasteiger partial charge is 0.435 e. The van der Waals surface area contributed by atoms with E-state index in [1.165, 1.54) is 38.9 Å². The highest BCUT2D eigenvalue weighted by Crippen LogP contribution is 2.43. The van der Waals surface area contributed by atoms with Gasteiger partial charge in [-0.05, 0) is 46.1 Å². The molecule has 1 aliphatic carbocycles. The molecule has 5 heteroatoms. The molecule has 0 amide bonds. The molecule has 2 fully saturated rings. The Morgan fingerprint density at radius 2 is 1.77 bits per heavy atom. The zero-order valence-corrected chi connectivity index (χ0v) is 14.6. The van der Waals surface area contributed by atoms with E-state index in [1.807, 2.05) is 6.08 Å². The molecule has 124 valence electrons. The molecule has 0 spiro atoms. The van der Waals surface area contributed by atoms with E-state index in [0.717, 1.165) is 6.42 Å². The topological polar surface area (TPSA) is 44.8 Å². The Balaban J connectivity index is 2.06. The standard InChI is InChI=1S/C17H29BO4/c1-13(19)20-11-10-15(12-14-8-6-7-9-14)18-21-16(2,3)17(4,5)22-18/h10-11,14-15H,6-9,12H2,1-5H3/b11-10+/t15-/m1/s1. The van der Waals surface area contributed by atoms with Crippen LogP contribution in [-0.4, -0.2) is 24.3 Å². The van der Waals surface area contributed by atoms with Crippen LogP contribution in [0.25, 0.3) is 0 Å². The molecule has 22 heavy (non-hydrogen) atoms. The minimum atomic E-state index is -0.332. The SMILES string of the molecule is CC(=O)O/C=C/[C@H](CC1CCCC1)B1OC(C)(C)C(C)(C)O1. The minimum Gasteiger partial charge on any atom is -0.435 e. The molecular weight excluding hydrogens is 279 g/mol. The summed E-state index contributed by atoms with van der Waals surface area (Å²) in [5, 5.41) is 0. The predicted octanol–water partition coefficient (Wildman–Crippen LogP) is 4.11. The normalized spacial score (nSPS) is 25.8. The van der Waals surface area contributed by atoms with Gasteiger partial charge in [0.15, 0.2) is 0 Å². The largest absolute Gasteiger partial charge is 0.465 e. The zero-order chi connectivity index (χ0) is 16.4. The summed E-state index contributed by atoms with van der Waals surface area (Å²) in [6.45, 7) is 9.67. The van der Waals surface area contributed by atoms with Crippen molar-refractivity contribution >= 4 is 13.1 Å². The molecule has 4 nitrogen and oxygen atoms in total. The molecule has 1 saturated carbocycles. The first-order chi connectivity index (χ1) is 10.2. The highest BCUT2D eigenvalue weighted by atomic mass is 16.7. The number of carbonyl (C=O) groups excluding carboxylic acids is 1. The molecule has 0 aromatic rings. The maximum atomic E-state index is 11.0.